The highest BCUT2D eigenvalue weighted by Gasteiger charge is 2.48. The molecule has 1 atom stereocenters. The molecule has 1 heterocycles. The van der Waals surface area contributed by atoms with Crippen LogP contribution >= 0.6 is 0 Å². The van der Waals surface area contributed by atoms with Crippen LogP contribution in [0.3, 0.4) is 0 Å². The summed E-state index contributed by atoms with van der Waals surface area (Å²) in [5, 5.41) is 6.45. The van der Waals surface area contributed by atoms with Crippen LogP contribution in [0.5, 0.6) is 0 Å². The van der Waals surface area contributed by atoms with Crippen molar-refractivity contribution >= 4 is 6.09 Å². The number of hydrogen-bond donors (Lipinski definition) is 2. The van der Waals surface area contributed by atoms with Gasteiger partial charge in [0.15, 0.2) is 0 Å². The van der Waals surface area contributed by atoms with Gasteiger partial charge in [-0.15, -0.1) is 0 Å². The van der Waals surface area contributed by atoms with Crippen LogP contribution in [0.1, 0.15) is 46.5 Å². The van der Waals surface area contributed by atoms with E-state index in [0.717, 1.165) is 25.8 Å². The molecule has 4 nitrogen and oxygen atoms in total. The van der Waals surface area contributed by atoms with E-state index in [1.54, 1.807) is 0 Å². The molecule has 1 amide bonds. The quantitative estimate of drug-likeness (QED) is 0.755. The second kappa shape index (κ2) is 3.91. The van der Waals surface area contributed by atoms with Crippen molar-refractivity contribution in [3.8, 4) is 0 Å². The Morgan fingerprint density at radius 1 is 1.44 bits per heavy atom. The number of carbonyl (C=O) groups is 1. The first-order valence-electron chi connectivity index (χ1n) is 6.16. The SMILES string of the molecule is CC(C)(C)OC(=O)NC1(C2CCN2)CCC1. The minimum Gasteiger partial charge on any atom is -0.444 e. The zero-order valence-electron chi connectivity index (χ0n) is 10.4. The molecule has 1 aliphatic carbocycles. The van der Waals surface area contributed by atoms with Crippen LogP contribution < -0.4 is 10.6 Å². The maximum Gasteiger partial charge on any atom is 0.408 e. The van der Waals surface area contributed by atoms with Gasteiger partial charge in [0.05, 0.1) is 5.54 Å². The molecule has 0 bridgehead atoms. The summed E-state index contributed by atoms with van der Waals surface area (Å²) in [5.74, 6) is 0. The summed E-state index contributed by atoms with van der Waals surface area (Å²) >= 11 is 0. The summed E-state index contributed by atoms with van der Waals surface area (Å²) in [7, 11) is 0. The minimum atomic E-state index is -0.415. The van der Waals surface area contributed by atoms with E-state index in [9.17, 15) is 4.79 Å². The Balaban J connectivity index is 1.89. The van der Waals surface area contributed by atoms with Crippen LogP contribution in [0.4, 0.5) is 4.79 Å². The highest BCUT2D eigenvalue weighted by molar-refractivity contribution is 5.69. The highest BCUT2D eigenvalue weighted by atomic mass is 16.6. The zero-order valence-corrected chi connectivity index (χ0v) is 10.4. The van der Waals surface area contributed by atoms with E-state index in [1.165, 1.54) is 6.42 Å². The third-order valence-electron chi connectivity index (χ3n) is 3.49. The summed E-state index contributed by atoms with van der Waals surface area (Å²) in [4.78, 5) is 11.8. The second-order valence-electron chi connectivity index (χ2n) is 5.93. The maximum atomic E-state index is 11.8. The van der Waals surface area contributed by atoms with E-state index >= 15 is 0 Å². The summed E-state index contributed by atoms with van der Waals surface area (Å²) < 4.78 is 5.31. The largest absolute Gasteiger partial charge is 0.444 e. The summed E-state index contributed by atoms with van der Waals surface area (Å²) in [6.45, 7) is 6.74. The van der Waals surface area contributed by atoms with Crippen molar-refractivity contribution in [1.29, 1.82) is 0 Å². The number of hydrogen-bond acceptors (Lipinski definition) is 3. The average Bonchev–Trinajstić information content (AvgIpc) is 1.92. The van der Waals surface area contributed by atoms with Crippen LogP contribution in [0, 0.1) is 0 Å². The predicted molar refractivity (Wildman–Crippen MR) is 62.4 cm³/mol. The van der Waals surface area contributed by atoms with E-state index in [-0.39, 0.29) is 11.6 Å². The van der Waals surface area contributed by atoms with Crippen LogP contribution in [-0.2, 0) is 4.74 Å². The summed E-state index contributed by atoms with van der Waals surface area (Å²) in [6, 6.07) is 0.453. The molecule has 0 spiro atoms. The summed E-state index contributed by atoms with van der Waals surface area (Å²) in [6.07, 6.45) is 4.23. The van der Waals surface area contributed by atoms with Crippen molar-refractivity contribution in [1.82, 2.24) is 10.6 Å². The lowest BCUT2D eigenvalue weighted by Gasteiger charge is -2.52. The fraction of sp³-hybridized carbons (Fsp3) is 0.917. The molecular weight excluding hydrogens is 204 g/mol. The van der Waals surface area contributed by atoms with Gasteiger partial charge in [0.25, 0.3) is 0 Å². The zero-order chi connectivity index (χ0) is 11.8. The van der Waals surface area contributed by atoms with E-state index in [1.807, 2.05) is 20.8 Å². The van der Waals surface area contributed by atoms with Crippen molar-refractivity contribution in [2.75, 3.05) is 6.54 Å². The number of alkyl carbamates (subject to hydrolysis) is 1. The molecule has 2 N–H and O–H groups in total. The molecular formula is C12H22N2O2. The van der Waals surface area contributed by atoms with E-state index in [2.05, 4.69) is 10.6 Å². The van der Waals surface area contributed by atoms with Gasteiger partial charge in [-0.1, -0.05) is 0 Å². The van der Waals surface area contributed by atoms with Gasteiger partial charge in [0.1, 0.15) is 5.60 Å². The third-order valence-corrected chi connectivity index (χ3v) is 3.49. The van der Waals surface area contributed by atoms with E-state index in [0.29, 0.717) is 6.04 Å². The second-order valence-corrected chi connectivity index (χ2v) is 5.93. The lowest BCUT2D eigenvalue weighted by Crippen LogP contribution is -2.69. The molecule has 1 saturated heterocycles. The molecule has 1 saturated carbocycles. The van der Waals surface area contributed by atoms with Gasteiger partial charge in [-0.05, 0) is 53.0 Å². The Bertz CT molecular complexity index is 275. The first-order valence-corrected chi connectivity index (χ1v) is 6.16. The van der Waals surface area contributed by atoms with Crippen LogP contribution in [0.15, 0.2) is 0 Å². The van der Waals surface area contributed by atoms with Gasteiger partial charge in [-0.25, -0.2) is 4.79 Å². The van der Waals surface area contributed by atoms with Gasteiger partial charge in [-0.2, -0.15) is 0 Å². The van der Waals surface area contributed by atoms with Gasteiger partial charge in [0.2, 0.25) is 0 Å². The normalized spacial score (nSPS) is 27.6. The predicted octanol–water partition coefficient (Wildman–Crippen LogP) is 1.80. The molecule has 1 aliphatic heterocycles. The number of ether oxygens (including phenoxy) is 1. The van der Waals surface area contributed by atoms with Crippen molar-refractivity contribution in [2.45, 2.75) is 63.6 Å². The van der Waals surface area contributed by atoms with E-state index < -0.39 is 5.60 Å². The Morgan fingerprint density at radius 3 is 2.38 bits per heavy atom. The molecule has 0 aromatic heterocycles. The molecule has 0 aromatic rings. The first-order chi connectivity index (χ1) is 7.41. The number of nitrogens with one attached hydrogen (secondary N) is 2. The molecule has 0 aromatic carbocycles. The fourth-order valence-electron chi connectivity index (χ4n) is 2.39. The van der Waals surface area contributed by atoms with Gasteiger partial charge in [-0.3, -0.25) is 0 Å². The Morgan fingerprint density at radius 2 is 2.06 bits per heavy atom. The van der Waals surface area contributed by atoms with Crippen LogP contribution in [-0.4, -0.2) is 29.8 Å². The number of amides is 1. The molecule has 2 fully saturated rings. The van der Waals surface area contributed by atoms with Crippen LogP contribution in [0.2, 0.25) is 0 Å². The number of rotatable bonds is 2. The Hall–Kier alpha value is -0.770. The average molecular weight is 226 g/mol. The van der Waals surface area contributed by atoms with Crippen molar-refractivity contribution in [3.63, 3.8) is 0 Å². The third kappa shape index (κ3) is 2.32. The highest BCUT2D eigenvalue weighted by Crippen LogP contribution is 2.38. The van der Waals surface area contributed by atoms with Crippen LogP contribution in [0.25, 0.3) is 0 Å². The topological polar surface area (TPSA) is 50.4 Å². The van der Waals surface area contributed by atoms with Crippen molar-refractivity contribution in [3.05, 3.63) is 0 Å². The monoisotopic (exact) mass is 226 g/mol. The van der Waals surface area contributed by atoms with Gasteiger partial charge >= 0.3 is 6.09 Å². The van der Waals surface area contributed by atoms with Gasteiger partial charge in [0, 0.05) is 6.04 Å². The smallest absolute Gasteiger partial charge is 0.408 e. The molecule has 0 radical (unpaired) electrons. The van der Waals surface area contributed by atoms with E-state index in [4.69, 9.17) is 4.74 Å². The lowest BCUT2D eigenvalue weighted by atomic mass is 9.68. The molecule has 4 heteroatoms. The fourth-order valence-corrected chi connectivity index (χ4v) is 2.39. The lowest BCUT2D eigenvalue weighted by molar-refractivity contribution is 0.0250. The molecule has 2 rings (SSSR count). The molecule has 1 unspecified atom stereocenters. The Labute approximate surface area is 97.1 Å². The number of carbonyl (C=O) groups excluding carboxylic acids is 1. The Kier molecular flexibility index (Phi) is 2.86. The molecule has 2 aliphatic rings. The standard InChI is InChI=1S/C12H22N2O2/c1-11(2,3)16-10(15)14-12(6-4-7-12)9-5-8-13-9/h9,13H,4-8H2,1-3H3,(H,14,15). The minimum absolute atomic E-state index is 0.0272. The molecule has 16 heavy (non-hydrogen) atoms. The van der Waals surface area contributed by atoms with Gasteiger partial charge < -0.3 is 15.4 Å². The first kappa shape index (κ1) is 11.7. The summed E-state index contributed by atoms with van der Waals surface area (Å²) in [5.41, 5.74) is -0.442. The van der Waals surface area contributed by atoms with Crippen molar-refractivity contribution < 1.29 is 9.53 Å². The van der Waals surface area contributed by atoms with Crippen molar-refractivity contribution in [2.24, 2.45) is 0 Å². The molecule has 92 valence electrons. The maximum absolute atomic E-state index is 11.8.